The number of carbonyl (C=O) groups is 1. The van der Waals surface area contributed by atoms with Gasteiger partial charge in [-0.3, -0.25) is 4.79 Å². The van der Waals surface area contributed by atoms with E-state index in [2.05, 4.69) is 21.8 Å². The minimum absolute atomic E-state index is 0.0900. The lowest BCUT2D eigenvalue weighted by Gasteiger charge is -2.45. The molecule has 10 heteroatoms. The highest BCUT2D eigenvalue weighted by atomic mass is 35.5. The Bertz CT molecular complexity index is 1610. The molecule has 2 aliphatic heterocycles. The van der Waals surface area contributed by atoms with Gasteiger partial charge in [0.1, 0.15) is 11.0 Å². The number of sulfonamides is 1. The molecule has 2 saturated carbocycles. The van der Waals surface area contributed by atoms with E-state index in [1.54, 1.807) is 18.2 Å². The number of benzene rings is 2. The maximum absolute atomic E-state index is 13.9. The Balaban J connectivity index is 1.28. The fraction of sp³-hybridized carbons (Fsp3) is 0.583. The third kappa shape index (κ3) is 6.09. The van der Waals surface area contributed by atoms with E-state index >= 15 is 0 Å². The van der Waals surface area contributed by atoms with Crippen LogP contribution in [0.15, 0.2) is 48.6 Å². The lowest BCUT2D eigenvalue weighted by Crippen LogP contribution is -2.49. The molecule has 46 heavy (non-hydrogen) atoms. The van der Waals surface area contributed by atoms with Gasteiger partial charge in [-0.25, -0.2) is 13.1 Å². The zero-order chi connectivity index (χ0) is 32.1. The van der Waals surface area contributed by atoms with E-state index in [0.29, 0.717) is 38.3 Å². The summed E-state index contributed by atoms with van der Waals surface area (Å²) in [7, 11) is -2.56. The molecular formula is C36H45ClN2O6S. The van der Waals surface area contributed by atoms with Gasteiger partial charge in [0, 0.05) is 36.2 Å². The molecule has 2 heterocycles. The average Bonchev–Trinajstić information content (AvgIpc) is 3.13. The van der Waals surface area contributed by atoms with E-state index in [1.165, 1.54) is 18.2 Å². The summed E-state index contributed by atoms with van der Waals surface area (Å²) < 4.78 is 42.5. The molecule has 0 unspecified atom stereocenters. The van der Waals surface area contributed by atoms with Crippen molar-refractivity contribution >= 4 is 33.2 Å². The number of aliphatic hydroxyl groups excluding tert-OH is 1. The van der Waals surface area contributed by atoms with E-state index in [9.17, 15) is 18.3 Å². The Hall–Kier alpha value is -2.59. The van der Waals surface area contributed by atoms with Crippen molar-refractivity contribution < 1.29 is 27.8 Å². The summed E-state index contributed by atoms with van der Waals surface area (Å²) >= 11 is 6.41. The van der Waals surface area contributed by atoms with Crippen LogP contribution in [0.3, 0.4) is 0 Å². The minimum atomic E-state index is -4.08. The van der Waals surface area contributed by atoms with Gasteiger partial charge >= 0.3 is 0 Å². The SMILES string of the molecule is CO[C@@H]1C/C=C/[C@H](O)[C@@H]2CC[C@H]2CN2C[C@@]3(CCCc4cc(Cl)ccc43)COc3ccc(cc32)C(=O)NS(=O)(=O)[C@@H]1CC1CCC1. The molecule has 7 rings (SSSR count). The first kappa shape index (κ1) is 32.0. The fourth-order valence-electron chi connectivity index (χ4n) is 8.50. The van der Waals surface area contributed by atoms with Crippen LogP contribution in [0.1, 0.15) is 79.3 Å². The van der Waals surface area contributed by atoms with Crippen LogP contribution in [-0.4, -0.2) is 63.7 Å². The van der Waals surface area contributed by atoms with Crippen molar-refractivity contribution in [2.24, 2.45) is 17.8 Å². The van der Waals surface area contributed by atoms with Gasteiger partial charge < -0.3 is 19.5 Å². The van der Waals surface area contributed by atoms with E-state index in [4.69, 9.17) is 21.1 Å². The van der Waals surface area contributed by atoms with Crippen molar-refractivity contribution in [3.8, 4) is 5.75 Å². The van der Waals surface area contributed by atoms with Crippen LogP contribution in [-0.2, 0) is 26.6 Å². The minimum Gasteiger partial charge on any atom is -0.490 e. The average molecular weight is 669 g/mol. The Morgan fingerprint density at radius 3 is 2.72 bits per heavy atom. The molecule has 2 aromatic rings. The first-order valence-corrected chi connectivity index (χ1v) is 18.8. The molecule has 1 spiro atoms. The van der Waals surface area contributed by atoms with Crippen molar-refractivity contribution in [3.05, 3.63) is 70.3 Å². The number of hydrogen-bond acceptors (Lipinski definition) is 7. The van der Waals surface area contributed by atoms with Gasteiger partial charge in [0.25, 0.3) is 5.91 Å². The molecule has 0 saturated heterocycles. The van der Waals surface area contributed by atoms with Crippen LogP contribution >= 0.6 is 11.6 Å². The highest BCUT2D eigenvalue weighted by Gasteiger charge is 2.45. The summed E-state index contributed by atoms with van der Waals surface area (Å²) in [6.07, 6.45) is 11.1. The van der Waals surface area contributed by atoms with Crippen LogP contribution in [0, 0.1) is 17.8 Å². The molecule has 2 bridgehead atoms. The standard InChI is InChI=1S/C36H45ClN2O6S/c1-44-33-9-3-8-31(40)28-13-10-26(28)20-39-21-36(16-4-7-24-18-27(37)12-14-29(24)36)22-45-32-15-11-25(19-30(32)39)35(41)38-46(42,43)34(33)17-23-5-2-6-23/h3,8,11-12,14-15,18-19,23,26,28,31,33-34,40H,2,4-7,9-10,13,16-17,20-22H2,1H3,(H,38,41)/b8-3+/t26-,28+,31-,33+,34+,36-/m0/s1. The van der Waals surface area contributed by atoms with Gasteiger partial charge in [0.2, 0.25) is 10.0 Å². The van der Waals surface area contributed by atoms with E-state index in [1.807, 2.05) is 18.2 Å². The van der Waals surface area contributed by atoms with Crippen molar-refractivity contribution in [1.82, 2.24) is 4.72 Å². The van der Waals surface area contributed by atoms with Crippen LogP contribution in [0.5, 0.6) is 5.75 Å². The number of methoxy groups -OCH3 is 1. The zero-order valence-corrected chi connectivity index (χ0v) is 28.1. The Morgan fingerprint density at radius 2 is 1.98 bits per heavy atom. The van der Waals surface area contributed by atoms with E-state index < -0.39 is 33.4 Å². The molecule has 2 N–H and O–H groups in total. The smallest absolute Gasteiger partial charge is 0.264 e. The number of nitrogens with zero attached hydrogens (tertiary/aromatic N) is 1. The molecule has 0 radical (unpaired) electrons. The number of amides is 1. The molecule has 3 aliphatic carbocycles. The number of carbonyl (C=O) groups excluding carboxylic acids is 1. The van der Waals surface area contributed by atoms with E-state index in [-0.39, 0.29) is 28.7 Å². The van der Waals surface area contributed by atoms with Crippen molar-refractivity contribution in [2.45, 2.75) is 87.1 Å². The number of aliphatic hydroxyl groups is 1. The first-order chi connectivity index (χ1) is 22.2. The number of halogens is 1. The summed E-state index contributed by atoms with van der Waals surface area (Å²) in [5.74, 6) is 0.666. The number of aryl methyl sites for hydroxylation is 1. The van der Waals surface area contributed by atoms with Gasteiger partial charge in [-0.1, -0.05) is 49.1 Å². The maximum atomic E-state index is 13.9. The largest absolute Gasteiger partial charge is 0.490 e. The van der Waals surface area contributed by atoms with Crippen molar-refractivity contribution in [1.29, 1.82) is 0 Å². The van der Waals surface area contributed by atoms with Crippen LogP contribution in [0.25, 0.3) is 0 Å². The number of nitrogens with one attached hydrogen (secondary N) is 1. The summed E-state index contributed by atoms with van der Waals surface area (Å²) in [5, 5.41) is 11.2. The molecule has 6 atom stereocenters. The molecule has 8 nitrogen and oxygen atoms in total. The van der Waals surface area contributed by atoms with Gasteiger partial charge in [0.05, 0.1) is 24.5 Å². The lowest BCUT2D eigenvalue weighted by atomic mass is 9.68. The second-order valence-electron chi connectivity index (χ2n) is 14.3. The summed E-state index contributed by atoms with van der Waals surface area (Å²) in [6.45, 7) is 1.88. The number of ether oxygens (including phenoxy) is 2. The summed E-state index contributed by atoms with van der Waals surface area (Å²) in [5.41, 5.74) is 3.29. The zero-order valence-electron chi connectivity index (χ0n) is 26.5. The predicted octanol–water partition coefficient (Wildman–Crippen LogP) is 5.79. The predicted molar refractivity (Wildman–Crippen MR) is 179 cm³/mol. The number of rotatable bonds is 3. The number of fused-ring (bicyclic) bond motifs is 4. The maximum Gasteiger partial charge on any atom is 0.264 e. The molecule has 1 amide bonds. The molecule has 248 valence electrons. The van der Waals surface area contributed by atoms with Crippen molar-refractivity contribution in [3.63, 3.8) is 0 Å². The molecule has 5 aliphatic rings. The molecule has 2 aromatic carbocycles. The normalized spacial score (nSPS) is 33.3. The van der Waals surface area contributed by atoms with Crippen molar-refractivity contribution in [2.75, 3.05) is 31.7 Å². The summed E-state index contributed by atoms with van der Waals surface area (Å²) in [4.78, 5) is 16.0. The monoisotopic (exact) mass is 668 g/mol. The Labute approximate surface area is 277 Å². The van der Waals surface area contributed by atoms with Gasteiger partial charge in [-0.15, -0.1) is 0 Å². The Kier molecular flexibility index (Phi) is 8.89. The van der Waals surface area contributed by atoms with E-state index in [0.717, 1.165) is 62.1 Å². The number of hydrogen-bond donors (Lipinski definition) is 2. The molecule has 2 fully saturated rings. The quantitative estimate of drug-likeness (QED) is 0.399. The third-order valence-corrected chi connectivity index (χ3v) is 13.5. The molecular weight excluding hydrogens is 624 g/mol. The number of anilines is 1. The lowest BCUT2D eigenvalue weighted by molar-refractivity contribution is 0.0450. The van der Waals surface area contributed by atoms with Gasteiger partial charge in [-0.05, 0) is 104 Å². The fourth-order valence-corrected chi connectivity index (χ4v) is 10.4. The van der Waals surface area contributed by atoms with Gasteiger partial charge in [0.15, 0.2) is 0 Å². The topological polar surface area (TPSA) is 105 Å². The first-order valence-electron chi connectivity index (χ1n) is 16.9. The second-order valence-corrected chi connectivity index (χ2v) is 16.6. The summed E-state index contributed by atoms with van der Waals surface area (Å²) in [6, 6.07) is 11.4. The Morgan fingerprint density at radius 1 is 1.13 bits per heavy atom. The highest BCUT2D eigenvalue weighted by Crippen LogP contribution is 2.47. The molecule has 0 aromatic heterocycles. The van der Waals surface area contributed by atoms with Gasteiger partial charge in [-0.2, -0.15) is 0 Å². The third-order valence-electron chi connectivity index (χ3n) is 11.5. The van der Waals surface area contributed by atoms with Crippen LogP contribution in [0.4, 0.5) is 5.69 Å². The highest BCUT2D eigenvalue weighted by molar-refractivity contribution is 7.90. The van der Waals surface area contributed by atoms with Crippen LogP contribution in [0.2, 0.25) is 5.02 Å². The van der Waals surface area contributed by atoms with Crippen LogP contribution < -0.4 is 14.4 Å². The second kappa shape index (κ2) is 12.8.